The summed E-state index contributed by atoms with van der Waals surface area (Å²) in [5, 5.41) is 1.11. The lowest BCUT2D eigenvalue weighted by Crippen LogP contribution is -2.49. The molecular formula is C22H22N4O2. The van der Waals surface area contributed by atoms with Crippen LogP contribution in [0.4, 0.5) is 6.01 Å². The van der Waals surface area contributed by atoms with Crippen LogP contribution in [0.25, 0.3) is 22.0 Å². The van der Waals surface area contributed by atoms with Crippen molar-refractivity contribution in [3.63, 3.8) is 0 Å². The molecule has 0 aliphatic carbocycles. The van der Waals surface area contributed by atoms with E-state index in [2.05, 4.69) is 28.9 Å². The van der Waals surface area contributed by atoms with E-state index in [1.165, 1.54) is 5.56 Å². The third kappa shape index (κ3) is 2.64. The summed E-state index contributed by atoms with van der Waals surface area (Å²) in [6, 6.07) is 16.6. The van der Waals surface area contributed by atoms with Gasteiger partial charge in [0.1, 0.15) is 11.2 Å². The number of fused-ring (bicyclic) bond motifs is 2. The first-order valence-corrected chi connectivity index (χ1v) is 9.56. The number of piperazine rings is 1. The highest BCUT2D eigenvalue weighted by atomic mass is 16.4. The summed E-state index contributed by atoms with van der Waals surface area (Å²) in [7, 11) is 1.97. The molecule has 6 heteroatoms. The maximum absolute atomic E-state index is 13.1. The van der Waals surface area contributed by atoms with Gasteiger partial charge in [0.2, 0.25) is 0 Å². The molecule has 0 radical (unpaired) electrons. The number of oxazole rings is 1. The second kappa shape index (κ2) is 6.41. The summed E-state index contributed by atoms with van der Waals surface area (Å²) in [5.41, 5.74) is 4.69. The van der Waals surface area contributed by atoms with Gasteiger partial charge in [-0.25, -0.2) is 0 Å². The summed E-state index contributed by atoms with van der Waals surface area (Å²) < 4.78 is 7.88. The molecule has 1 saturated heterocycles. The Hall–Kier alpha value is -3.28. The fraction of sp³-hybridized carbons (Fsp3) is 0.273. The first kappa shape index (κ1) is 16.9. The molecule has 2 aromatic heterocycles. The van der Waals surface area contributed by atoms with Gasteiger partial charge in [-0.15, -0.1) is 0 Å². The fourth-order valence-corrected chi connectivity index (χ4v) is 4.08. The number of hydrogen-bond acceptors (Lipinski definition) is 4. The highest BCUT2D eigenvalue weighted by molar-refractivity contribution is 5.99. The third-order valence-electron chi connectivity index (χ3n) is 5.60. The molecule has 4 aromatic rings. The number of nitrogens with zero attached hydrogens (tertiary/aromatic N) is 4. The van der Waals surface area contributed by atoms with Gasteiger partial charge in [0.15, 0.2) is 5.58 Å². The Balaban J connectivity index is 1.34. The lowest BCUT2D eigenvalue weighted by molar-refractivity contribution is 0.0736. The minimum Gasteiger partial charge on any atom is -0.423 e. The van der Waals surface area contributed by atoms with Crippen molar-refractivity contribution in [1.82, 2.24) is 14.5 Å². The standard InChI is InChI=1S/C22H22N4O2/c1-15-6-5-7-16-14-18(24(2)20(15)16)21(27)25-10-12-26(13-11-25)22-23-17-8-3-4-9-19(17)28-22/h3-9,14H,10-13H2,1-2H3. The van der Waals surface area contributed by atoms with Gasteiger partial charge in [0, 0.05) is 38.6 Å². The summed E-state index contributed by atoms with van der Waals surface area (Å²) in [6.45, 7) is 4.80. The van der Waals surface area contributed by atoms with Crippen molar-refractivity contribution in [3.8, 4) is 0 Å². The number of benzene rings is 2. The highest BCUT2D eigenvalue weighted by Gasteiger charge is 2.26. The van der Waals surface area contributed by atoms with Gasteiger partial charge >= 0.3 is 0 Å². The van der Waals surface area contributed by atoms with Crippen molar-refractivity contribution in [1.29, 1.82) is 0 Å². The smallest absolute Gasteiger partial charge is 0.298 e. The Morgan fingerprint density at radius 3 is 2.57 bits per heavy atom. The second-order valence-electron chi connectivity index (χ2n) is 7.34. The van der Waals surface area contributed by atoms with E-state index in [0.717, 1.165) is 27.7 Å². The molecule has 1 fully saturated rings. The average molecular weight is 374 g/mol. The van der Waals surface area contributed by atoms with Gasteiger partial charge in [-0.2, -0.15) is 4.98 Å². The molecule has 1 amide bonds. The maximum atomic E-state index is 13.1. The second-order valence-corrected chi connectivity index (χ2v) is 7.34. The van der Waals surface area contributed by atoms with Crippen LogP contribution in [0.3, 0.4) is 0 Å². The van der Waals surface area contributed by atoms with Crippen molar-refractivity contribution >= 4 is 33.9 Å². The molecular weight excluding hydrogens is 352 g/mol. The van der Waals surface area contributed by atoms with Gasteiger partial charge < -0.3 is 18.8 Å². The van der Waals surface area contributed by atoms with Gasteiger partial charge in [-0.1, -0.05) is 30.3 Å². The molecule has 0 saturated carbocycles. The molecule has 0 N–H and O–H groups in total. The van der Waals surface area contributed by atoms with Crippen molar-refractivity contribution < 1.29 is 9.21 Å². The first-order chi connectivity index (χ1) is 13.6. The van der Waals surface area contributed by atoms with Crippen molar-refractivity contribution in [3.05, 3.63) is 59.8 Å². The monoisotopic (exact) mass is 374 g/mol. The molecule has 1 aliphatic heterocycles. The van der Waals surface area contributed by atoms with Crippen LogP contribution in [0.2, 0.25) is 0 Å². The Morgan fingerprint density at radius 2 is 1.82 bits per heavy atom. The van der Waals surface area contributed by atoms with E-state index in [4.69, 9.17) is 4.42 Å². The van der Waals surface area contributed by atoms with E-state index in [1.54, 1.807) is 0 Å². The molecule has 0 unspecified atom stereocenters. The molecule has 142 valence electrons. The van der Waals surface area contributed by atoms with Crippen LogP contribution in [-0.2, 0) is 7.05 Å². The zero-order valence-corrected chi connectivity index (χ0v) is 16.1. The van der Waals surface area contributed by atoms with Gasteiger partial charge in [0.05, 0.1) is 5.52 Å². The minimum absolute atomic E-state index is 0.0790. The van der Waals surface area contributed by atoms with Crippen LogP contribution in [0.1, 0.15) is 16.1 Å². The topological polar surface area (TPSA) is 54.5 Å². The maximum Gasteiger partial charge on any atom is 0.298 e. The van der Waals surface area contributed by atoms with Crippen LogP contribution in [0, 0.1) is 6.92 Å². The quantitative estimate of drug-likeness (QED) is 0.538. The van der Waals surface area contributed by atoms with E-state index in [1.807, 2.05) is 52.9 Å². The number of aryl methyl sites for hydroxylation is 2. The Bertz CT molecular complexity index is 1150. The summed E-state index contributed by atoms with van der Waals surface area (Å²) in [6.07, 6.45) is 0. The van der Waals surface area contributed by atoms with Gasteiger partial charge in [-0.3, -0.25) is 4.79 Å². The average Bonchev–Trinajstić information content (AvgIpc) is 3.30. The Labute approximate surface area is 163 Å². The Kier molecular flexibility index (Phi) is 3.86. The third-order valence-corrected chi connectivity index (χ3v) is 5.60. The fourth-order valence-electron chi connectivity index (χ4n) is 4.08. The predicted molar refractivity (Wildman–Crippen MR) is 110 cm³/mol. The van der Waals surface area contributed by atoms with E-state index >= 15 is 0 Å². The highest BCUT2D eigenvalue weighted by Crippen LogP contribution is 2.25. The lowest BCUT2D eigenvalue weighted by atomic mass is 10.2. The minimum atomic E-state index is 0.0790. The number of para-hydroxylation sites is 3. The van der Waals surface area contributed by atoms with Gasteiger partial charge in [0.25, 0.3) is 11.9 Å². The van der Waals surface area contributed by atoms with E-state index < -0.39 is 0 Å². The van der Waals surface area contributed by atoms with Crippen LogP contribution < -0.4 is 4.90 Å². The first-order valence-electron chi connectivity index (χ1n) is 9.56. The number of aromatic nitrogens is 2. The largest absolute Gasteiger partial charge is 0.423 e. The molecule has 0 bridgehead atoms. The molecule has 2 aromatic carbocycles. The van der Waals surface area contributed by atoms with E-state index in [9.17, 15) is 4.79 Å². The molecule has 5 rings (SSSR count). The zero-order chi connectivity index (χ0) is 19.3. The van der Waals surface area contributed by atoms with Crippen molar-refractivity contribution in [2.24, 2.45) is 7.05 Å². The Morgan fingerprint density at radius 1 is 1.04 bits per heavy atom. The normalized spacial score (nSPS) is 14.9. The summed E-state index contributed by atoms with van der Waals surface area (Å²) in [5.74, 6) is 0.0790. The van der Waals surface area contributed by atoms with E-state index in [-0.39, 0.29) is 5.91 Å². The number of amides is 1. The molecule has 3 heterocycles. The molecule has 6 nitrogen and oxygen atoms in total. The van der Waals surface area contributed by atoms with Crippen molar-refractivity contribution in [2.75, 3.05) is 31.1 Å². The number of rotatable bonds is 2. The lowest BCUT2D eigenvalue weighted by Gasteiger charge is -2.33. The van der Waals surface area contributed by atoms with Crippen LogP contribution in [-0.4, -0.2) is 46.5 Å². The molecule has 28 heavy (non-hydrogen) atoms. The van der Waals surface area contributed by atoms with Crippen LogP contribution in [0.15, 0.2) is 52.9 Å². The van der Waals surface area contributed by atoms with Crippen LogP contribution >= 0.6 is 0 Å². The van der Waals surface area contributed by atoms with Crippen molar-refractivity contribution in [2.45, 2.75) is 6.92 Å². The van der Waals surface area contributed by atoms with Crippen LogP contribution in [0.5, 0.6) is 0 Å². The SMILES string of the molecule is Cc1cccc2cc(C(=O)N3CCN(c4nc5ccccc5o4)CC3)n(C)c12. The summed E-state index contributed by atoms with van der Waals surface area (Å²) in [4.78, 5) is 21.7. The predicted octanol–water partition coefficient (Wildman–Crippen LogP) is 3.59. The van der Waals surface area contributed by atoms with Gasteiger partial charge in [-0.05, 0) is 30.7 Å². The molecule has 1 aliphatic rings. The molecule has 0 atom stereocenters. The van der Waals surface area contributed by atoms with E-state index in [0.29, 0.717) is 32.2 Å². The number of anilines is 1. The number of hydrogen-bond donors (Lipinski definition) is 0. The molecule has 0 spiro atoms. The number of carbonyl (C=O) groups excluding carboxylic acids is 1. The zero-order valence-electron chi connectivity index (χ0n) is 16.1. The number of carbonyl (C=O) groups is 1. The summed E-state index contributed by atoms with van der Waals surface area (Å²) >= 11 is 0.